The summed E-state index contributed by atoms with van der Waals surface area (Å²) < 4.78 is 1.96. The van der Waals surface area contributed by atoms with Gasteiger partial charge in [0, 0.05) is 44.4 Å². The van der Waals surface area contributed by atoms with E-state index >= 15 is 0 Å². The van der Waals surface area contributed by atoms with Crippen molar-refractivity contribution in [3.05, 3.63) is 36.3 Å². The first-order valence-corrected chi connectivity index (χ1v) is 9.44. The van der Waals surface area contributed by atoms with Crippen molar-refractivity contribution in [2.45, 2.75) is 51.0 Å². The predicted octanol–water partition coefficient (Wildman–Crippen LogP) is 2.01. The normalized spacial score (nSPS) is 14.9. The summed E-state index contributed by atoms with van der Waals surface area (Å²) in [6.07, 6.45) is 10.6. The van der Waals surface area contributed by atoms with Gasteiger partial charge in [-0.2, -0.15) is 0 Å². The van der Waals surface area contributed by atoms with Crippen LogP contribution in [-0.4, -0.2) is 40.5 Å². The van der Waals surface area contributed by atoms with Crippen LogP contribution in [0.4, 0.5) is 4.79 Å². The molecule has 1 fully saturated rings. The number of nitrogens with one attached hydrogen (secondary N) is 3. The van der Waals surface area contributed by atoms with Crippen LogP contribution in [0.5, 0.6) is 0 Å². The Balaban J connectivity index is 1.28. The van der Waals surface area contributed by atoms with E-state index in [-0.39, 0.29) is 24.4 Å². The quantitative estimate of drug-likeness (QED) is 0.708. The second kappa shape index (κ2) is 9.22. The van der Waals surface area contributed by atoms with E-state index in [1.165, 1.54) is 19.3 Å². The Bertz CT molecular complexity index is 703. The highest BCUT2D eigenvalue weighted by Gasteiger charge is 2.15. The number of urea groups is 1. The maximum absolute atomic E-state index is 11.9. The van der Waals surface area contributed by atoms with Crippen LogP contribution in [0.25, 0.3) is 5.65 Å². The molecule has 0 bridgehead atoms. The summed E-state index contributed by atoms with van der Waals surface area (Å²) in [7, 11) is 0. The van der Waals surface area contributed by atoms with Gasteiger partial charge in [0.2, 0.25) is 5.91 Å². The van der Waals surface area contributed by atoms with Crippen LogP contribution >= 0.6 is 0 Å². The van der Waals surface area contributed by atoms with E-state index in [2.05, 4.69) is 20.9 Å². The predicted molar refractivity (Wildman–Crippen MR) is 99.9 cm³/mol. The summed E-state index contributed by atoms with van der Waals surface area (Å²) in [6, 6.07) is 5.96. The lowest BCUT2D eigenvalue weighted by Crippen LogP contribution is -2.43. The lowest BCUT2D eigenvalue weighted by molar-refractivity contribution is -0.120. The van der Waals surface area contributed by atoms with Crippen molar-refractivity contribution in [3.63, 3.8) is 0 Å². The molecule has 0 atom stereocenters. The van der Waals surface area contributed by atoms with Gasteiger partial charge >= 0.3 is 6.03 Å². The van der Waals surface area contributed by atoms with Gasteiger partial charge < -0.3 is 20.4 Å². The highest BCUT2D eigenvalue weighted by atomic mass is 16.2. The number of hydrogen-bond donors (Lipinski definition) is 3. The van der Waals surface area contributed by atoms with Crippen LogP contribution in [0.3, 0.4) is 0 Å². The minimum absolute atomic E-state index is 0.0632. The molecule has 0 saturated heterocycles. The third kappa shape index (κ3) is 5.47. The summed E-state index contributed by atoms with van der Waals surface area (Å²) in [6.45, 7) is 0.885. The number of hydrogen-bond acceptors (Lipinski definition) is 3. The fourth-order valence-electron chi connectivity index (χ4n) is 3.30. The van der Waals surface area contributed by atoms with E-state index in [1.807, 2.05) is 35.0 Å². The molecule has 0 aliphatic heterocycles. The number of amides is 3. The van der Waals surface area contributed by atoms with E-state index < -0.39 is 0 Å². The van der Waals surface area contributed by atoms with E-state index in [1.54, 1.807) is 0 Å². The van der Waals surface area contributed by atoms with Crippen LogP contribution < -0.4 is 16.0 Å². The molecular formula is C19H27N5O2. The van der Waals surface area contributed by atoms with Gasteiger partial charge in [-0.05, 0) is 25.0 Å². The standard InChI is InChI=1S/C19H27N5O2/c25-18(10-12-21-19(26)23-15-6-2-1-3-7-15)20-11-9-16-14-24-13-5-4-8-17(24)22-16/h4-5,8,13-15H,1-3,6-7,9-12H2,(H,20,25)(H2,21,23,26). The van der Waals surface area contributed by atoms with Crippen molar-refractivity contribution < 1.29 is 9.59 Å². The molecule has 1 aliphatic rings. The maximum atomic E-state index is 11.9. The summed E-state index contributed by atoms with van der Waals surface area (Å²) in [5.41, 5.74) is 1.85. The van der Waals surface area contributed by atoms with Gasteiger partial charge in [-0.15, -0.1) is 0 Å². The summed E-state index contributed by atoms with van der Waals surface area (Å²) in [5.74, 6) is -0.0632. The van der Waals surface area contributed by atoms with Crippen molar-refractivity contribution in [2.75, 3.05) is 13.1 Å². The van der Waals surface area contributed by atoms with Crippen molar-refractivity contribution >= 4 is 17.6 Å². The highest BCUT2D eigenvalue weighted by Crippen LogP contribution is 2.17. The number of nitrogens with zero attached hydrogens (tertiary/aromatic N) is 2. The van der Waals surface area contributed by atoms with Crippen LogP contribution in [0, 0.1) is 0 Å². The minimum Gasteiger partial charge on any atom is -0.356 e. The van der Waals surface area contributed by atoms with Crippen molar-refractivity contribution in [1.82, 2.24) is 25.3 Å². The topological polar surface area (TPSA) is 87.5 Å². The molecule has 1 saturated carbocycles. The second-order valence-electron chi connectivity index (χ2n) is 6.78. The number of carbonyl (C=O) groups excluding carboxylic acids is 2. The molecule has 0 spiro atoms. The molecule has 3 N–H and O–H groups in total. The van der Waals surface area contributed by atoms with Gasteiger partial charge in [0.15, 0.2) is 0 Å². The molecule has 0 unspecified atom stereocenters. The van der Waals surface area contributed by atoms with Gasteiger partial charge in [-0.1, -0.05) is 25.3 Å². The van der Waals surface area contributed by atoms with Crippen LogP contribution in [0.2, 0.25) is 0 Å². The molecule has 26 heavy (non-hydrogen) atoms. The lowest BCUT2D eigenvalue weighted by Gasteiger charge is -2.22. The third-order valence-corrected chi connectivity index (χ3v) is 4.70. The average Bonchev–Trinajstić information content (AvgIpc) is 3.05. The zero-order valence-electron chi connectivity index (χ0n) is 15.0. The highest BCUT2D eigenvalue weighted by molar-refractivity contribution is 5.78. The maximum Gasteiger partial charge on any atom is 0.315 e. The Morgan fingerprint density at radius 1 is 1.12 bits per heavy atom. The van der Waals surface area contributed by atoms with Gasteiger partial charge in [0.1, 0.15) is 5.65 Å². The molecule has 3 rings (SSSR count). The molecule has 2 aromatic rings. The SMILES string of the molecule is O=C(CCNC(=O)NC1CCCCC1)NCCc1cn2ccccc2n1. The van der Waals surface area contributed by atoms with Crippen molar-refractivity contribution in [2.24, 2.45) is 0 Å². The molecular weight excluding hydrogens is 330 g/mol. The zero-order valence-corrected chi connectivity index (χ0v) is 15.0. The Hall–Kier alpha value is -2.57. The number of pyridine rings is 1. The van der Waals surface area contributed by atoms with Gasteiger partial charge in [0.05, 0.1) is 5.69 Å². The number of fused-ring (bicyclic) bond motifs is 1. The van der Waals surface area contributed by atoms with Crippen LogP contribution in [0.15, 0.2) is 30.6 Å². The van der Waals surface area contributed by atoms with E-state index in [9.17, 15) is 9.59 Å². The molecule has 2 aromatic heterocycles. The lowest BCUT2D eigenvalue weighted by atomic mass is 9.96. The van der Waals surface area contributed by atoms with Gasteiger partial charge in [-0.25, -0.2) is 9.78 Å². The van der Waals surface area contributed by atoms with Crippen molar-refractivity contribution in [1.29, 1.82) is 0 Å². The monoisotopic (exact) mass is 357 g/mol. The fraction of sp³-hybridized carbons (Fsp3) is 0.526. The van der Waals surface area contributed by atoms with Crippen molar-refractivity contribution in [3.8, 4) is 0 Å². The van der Waals surface area contributed by atoms with E-state index in [0.717, 1.165) is 24.2 Å². The molecule has 7 heteroatoms. The molecule has 0 radical (unpaired) electrons. The first-order valence-electron chi connectivity index (χ1n) is 9.44. The fourth-order valence-corrected chi connectivity index (χ4v) is 3.30. The average molecular weight is 357 g/mol. The molecule has 0 aromatic carbocycles. The third-order valence-electron chi connectivity index (χ3n) is 4.70. The van der Waals surface area contributed by atoms with Gasteiger partial charge in [-0.3, -0.25) is 4.79 Å². The molecule has 7 nitrogen and oxygen atoms in total. The molecule has 2 heterocycles. The Morgan fingerprint density at radius 2 is 1.96 bits per heavy atom. The summed E-state index contributed by atoms with van der Waals surface area (Å²) in [4.78, 5) is 28.2. The number of rotatable bonds is 7. The smallest absolute Gasteiger partial charge is 0.315 e. The first kappa shape index (κ1) is 18.2. The van der Waals surface area contributed by atoms with Gasteiger partial charge in [0.25, 0.3) is 0 Å². The number of aromatic nitrogens is 2. The Morgan fingerprint density at radius 3 is 2.77 bits per heavy atom. The number of imidazole rings is 1. The van der Waals surface area contributed by atoms with E-state index in [0.29, 0.717) is 19.5 Å². The molecule has 140 valence electrons. The zero-order chi connectivity index (χ0) is 18.2. The number of carbonyl (C=O) groups is 2. The second-order valence-corrected chi connectivity index (χ2v) is 6.78. The minimum atomic E-state index is -0.172. The molecule has 3 amide bonds. The summed E-state index contributed by atoms with van der Waals surface area (Å²) in [5, 5.41) is 8.61. The summed E-state index contributed by atoms with van der Waals surface area (Å²) >= 11 is 0. The Labute approximate surface area is 153 Å². The first-order chi connectivity index (χ1) is 12.7. The largest absolute Gasteiger partial charge is 0.356 e. The van der Waals surface area contributed by atoms with E-state index in [4.69, 9.17) is 0 Å². The van der Waals surface area contributed by atoms with Crippen LogP contribution in [0.1, 0.15) is 44.2 Å². The Kier molecular flexibility index (Phi) is 6.46. The van der Waals surface area contributed by atoms with Crippen LogP contribution in [-0.2, 0) is 11.2 Å². The molecule has 1 aliphatic carbocycles.